The molecule has 0 saturated heterocycles. The van der Waals surface area contributed by atoms with Crippen LogP contribution in [0, 0.1) is 0 Å². The van der Waals surface area contributed by atoms with E-state index in [1.54, 1.807) is 20.2 Å². The average Bonchev–Trinajstić information content (AvgIpc) is 2.89. The van der Waals surface area contributed by atoms with Gasteiger partial charge in [-0.2, -0.15) is 0 Å². The van der Waals surface area contributed by atoms with Gasteiger partial charge in [0.2, 0.25) is 0 Å². The van der Waals surface area contributed by atoms with Crippen LogP contribution in [0.3, 0.4) is 0 Å². The smallest absolute Gasteiger partial charge is 0.340 e. The van der Waals surface area contributed by atoms with E-state index in [9.17, 15) is 4.57 Å². The van der Waals surface area contributed by atoms with Gasteiger partial charge >= 0.3 is 7.60 Å². The number of aromatic nitrogens is 4. The maximum Gasteiger partial charge on any atom is 0.340 e. The molecular weight excluding hydrogens is 325 g/mol. The monoisotopic (exact) mass is 345 g/mol. The molecule has 8 nitrogen and oxygen atoms in total. The van der Waals surface area contributed by atoms with Crippen LogP contribution in [0.2, 0.25) is 0 Å². The molecule has 2 heterocycles. The third-order valence-corrected chi connectivity index (χ3v) is 6.58. The number of imidazole rings is 1. The van der Waals surface area contributed by atoms with E-state index in [2.05, 4.69) is 15.0 Å². The molecular formula is C12H20N5O3PS. The summed E-state index contributed by atoms with van der Waals surface area (Å²) in [4.78, 5) is 12.3. The summed E-state index contributed by atoms with van der Waals surface area (Å²) in [7, 11) is -2.99. The molecule has 0 amide bonds. The van der Waals surface area contributed by atoms with Crippen LogP contribution in [0.1, 0.15) is 13.8 Å². The van der Waals surface area contributed by atoms with Crippen LogP contribution in [0.25, 0.3) is 11.2 Å². The highest BCUT2D eigenvalue weighted by molar-refractivity contribution is 8.04. The number of nitrogen functional groups attached to an aromatic ring is 1. The molecule has 2 aromatic rings. The predicted octanol–water partition coefficient (Wildman–Crippen LogP) is 2.37. The Kier molecular flexibility index (Phi) is 6.19. The Balaban J connectivity index is 1.90. The van der Waals surface area contributed by atoms with Crippen LogP contribution >= 0.6 is 19.4 Å². The summed E-state index contributed by atoms with van der Waals surface area (Å²) in [6.07, 6.45) is 3.10. The Hall–Kier alpha value is -1.15. The molecule has 122 valence electrons. The first-order valence-corrected chi connectivity index (χ1v) is 9.85. The standard InChI is InChI=1S/C12H20N5O3PS/c1-3-19-21(18,20-4-2)9-22-6-5-17-8-16-10-11(13)14-7-15-12(10)17/h7-8H,3-6,9H2,1-2H3,(H2,13,14,15). The molecule has 0 spiro atoms. The normalized spacial score (nSPS) is 12.1. The van der Waals surface area contributed by atoms with E-state index in [4.69, 9.17) is 14.8 Å². The van der Waals surface area contributed by atoms with E-state index in [1.807, 2.05) is 4.57 Å². The highest BCUT2D eigenvalue weighted by atomic mass is 32.2. The van der Waals surface area contributed by atoms with Gasteiger partial charge < -0.3 is 19.3 Å². The van der Waals surface area contributed by atoms with Gasteiger partial charge in [-0.3, -0.25) is 4.57 Å². The number of nitrogens with zero attached hydrogens (tertiary/aromatic N) is 4. The molecule has 0 aliphatic carbocycles. The van der Waals surface area contributed by atoms with E-state index in [0.29, 0.717) is 42.2 Å². The fourth-order valence-electron chi connectivity index (χ4n) is 1.91. The van der Waals surface area contributed by atoms with E-state index < -0.39 is 7.60 Å². The zero-order valence-corrected chi connectivity index (χ0v) is 14.3. The van der Waals surface area contributed by atoms with Crippen molar-refractivity contribution >= 4 is 36.3 Å². The molecule has 0 saturated carbocycles. The molecule has 0 radical (unpaired) electrons. The average molecular weight is 345 g/mol. The Morgan fingerprint density at radius 1 is 1.27 bits per heavy atom. The molecule has 0 unspecified atom stereocenters. The fourth-order valence-corrected chi connectivity index (χ4v) is 5.10. The maximum absolute atomic E-state index is 12.3. The molecule has 0 fully saturated rings. The second-order valence-corrected chi connectivity index (χ2v) is 7.94. The molecule has 22 heavy (non-hydrogen) atoms. The second kappa shape index (κ2) is 7.92. The number of hydrogen-bond donors (Lipinski definition) is 1. The minimum Gasteiger partial charge on any atom is -0.382 e. The lowest BCUT2D eigenvalue weighted by Crippen LogP contribution is -2.03. The molecule has 2 aromatic heterocycles. The van der Waals surface area contributed by atoms with E-state index in [0.717, 1.165) is 5.75 Å². The zero-order valence-electron chi connectivity index (χ0n) is 12.6. The van der Waals surface area contributed by atoms with Gasteiger partial charge in [-0.05, 0) is 13.8 Å². The Morgan fingerprint density at radius 2 is 2.00 bits per heavy atom. The lowest BCUT2D eigenvalue weighted by molar-refractivity contribution is 0.224. The Bertz CT molecular complexity index is 655. The number of anilines is 1. The summed E-state index contributed by atoms with van der Waals surface area (Å²) in [5.74, 6) is 1.10. The first-order chi connectivity index (χ1) is 10.6. The first-order valence-electron chi connectivity index (χ1n) is 6.96. The van der Waals surface area contributed by atoms with E-state index in [-0.39, 0.29) is 0 Å². The van der Waals surface area contributed by atoms with Crippen molar-refractivity contribution in [3.8, 4) is 0 Å². The predicted molar refractivity (Wildman–Crippen MR) is 87.9 cm³/mol. The lowest BCUT2D eigenvalue weighted by atomic mass is 10.5. The third kappa shape index (κ3) is 4.19. The van der Waals surface area contributed by atoms with Crippen molar-refractivity contribution in [3.63, 3.8) is 0 Å². The van der Waals surface area contributed by atoms with Crippen LogP contribution in [0.4, 0.5) is 5.82 Å². The van der Waals surface area contributed by atoms with Crippen molar-refractivity contribution in [2.45, 2.75) is 20.4 Å². The van der Waals surface area contributed by atoms with Crippen molar-refractivity contribution in [2.24, 2.45) is 0 Å². The number of thioether (sulfide) groups is 1. The topological polar surface area (TPSA) is 105 Å². The zero-order chi connectivity index (χ0) is 16.0. The van der Waals surface area contributed by atoms with Crippen LogP contribution in [0.5, 0.6) is 0 Å². The number of fused-ring (bicyclic) bond motifs is 1. The SMILES string of the molecule is CCOP(=O)(CSCCn1cnc2c(N)ncnc21)OCC. The minimum absolute atomic E-state index is 0.332. The molecule has 10 heteroatoms. The van der Waals surface area contributed by atoms with Crippen molar-refractivity contribution in [3.05, 3.63) is 12.7 Å². The van der Waals surface area contributed by atoms with Gasteiger partial charge in [-0.25, -0.2) is 15.0 Å². The number of nitrogens with two attached hydrogens (primary N) is 1. The van der Waals surface area contributed by atoms with Gasteiger partial charge in [-0.15, -0.1) is 11.8 Å². The number of aryl methyl sites for hydroxylation is 1. The summed E-state index contributed by atoms with van der Waals surface area (Å²) in [5.41, 5.74) is 7.38. The molecule has 2 N–H and O–H groups in total. The van der Waals surface area contributed by atoms with Gasteiger partial charge in [0, 0.05) is 12.3 Å². The van der Waals surface area contributed by atoms with E-state index in [1.165, 1.54) is 18.1 Å². The third-order valence-electron chi connectivity index (χ3n) is 2.81. The molecule has 2 rings (SSSR count). The highest BCUT2D eigenvalue weighted by Crippen LogP contribution is 2.50. The maximum atomic E-state index is 12.3. The van der Waals surface area contributed by atoms with Gasteiger partial charge in [0.1, 0.15) is 11.8 Å². The van der Waals surface area contributed by atoms with Crippen molar-refractivity contribution in [2.75, 3.05) is 30.2 Å². The summed E-state index contributed by atoms with van der Waals surface area (Å²) in [6, 6.07) is 0. The quantitative estimate of drug-likeness (QED) is 0.545. The second-order valence-electron chi connectivity index (χ2n) is 4.35. The van der Waals surface area contributed by atoms with Gasteiger partial charge in [-0.1, -0.05) is 0 Å². The largest absolute Gasteiger partial charge is 0.382 e. The van der Waals surface area contributed by atoms with Gasteiger partial charge in [0.15, 0.2) is 11.5 Å². The van der Waals surface area contributed by atoms with Crippen LogP contribution < -0.4 is 5.73 Å². The highest BCUT2D eigenvalue weighted by Gasteiger charge is 2.23. The number of rotatable bonds is 9. The molecule has 0 aromatic carbocycles. The fraction of sp³-hybridized carbons (Fsp3) is 0.583. The molecule has 0 bridgehead atoms. The lowest BCUT2D eigenvalue weighted by Gasteiger charge is -2.16. The summed E-state index contributed by atoms with van der Waals surface area (Å²) >= 11 is 1.51. The minimum atomic E-state index is -2.99. The van der Waals surface area contributed by atoms with Crippen molar-refractivity contribution in [1.82, 2.24) is 19.5 Å². The van der Waals surface area contributed by atoms with Crippen LogP contribution in [-0.2, 0) is 20.2 Å². The van der Waals surface area contributed by atoms with Crippen molar-refractivity contribution < 1.29 is 13.6 Å². The first kappa shape index (κ1) is 17.2. The molecule has 0 atom stereocenters. The van der Waals surface area contributed by atoms with Gasteiger partial charge in [0.25, 0.3) is 0 Å². The summed E-state index contributed by atoms with van der Waals surface area (Å²) in [5, 5.41) is 0. The van der Waals surface area contributed by atoms with Crippen LogP contribution in [-0.4, -0.2) is 44.0 Å². The van der Waals surface area contributed by atoms with E-state index >= 15 is 0 Å². The Labute approximate surface area is 133 Å². The van der Waals surface area contributed by atoms with Crippen LogP contribution in [0.15, 0.2) is 12.7 Å². The van der Waals surface area contributed by atoms with Crippen molar-refractivity contribution in [1.29, 1.82) is 0 Å². The molecule has 0 aliphatic rings. The Morgan fingerprint density at radius 3 is 2.68 bits per heavy atom. The summed E-state index contributed by atoms with van der Waals surface area (Å²) in [6.45, 7) is 5.03. The number of hydrogen-bond acceptors (Lipinski definition) is 8. The molecule has 0 aliphatic heterocycles. The summed E-state index contributed by atoms with van der Waals surface area (Å²) < 4.78 is 24.7. The van der Waals surface area contributed by atoms with Gasteiger partial charge in [0.05, 0.1) is 25.0 Å².